The second-order valence-corrected chi connectivity index (χ2v) is 7.24. The molecule has 1 aliphatic heterocycles. The van der Waals surface area contributed by atoms with Gasteiger partial charge < -0.3 is 16.0 Å². The van der Waals surface area contributed by atoms with Gasteiger partial charge in [0.05, 0.1) is 5.69 Å². The monoisotopic (exact) mass is 312 g/mol. The molecule has 0 amide bonds. The molecule has 0 bridgehead atoms. The smallest absolute Gasteiger partial charge is 0.242 e. The summed E-state index contributed by atoms with van der Waals surface area (Å²) in [5.41, 5.74) is 6.96. The van der Waals surface area contributed by atoms with E-state index < -0.39 is 10.0 Å². The summed E-state index contributed by atoms with van der Waals surface area (Å²) in [5.74, 6) is 0.631. The summed E-state index contributed by atoms with van der Waals surface area (Å²) in [4.78, 5) is 2.55. The maximum Gasteiger partial charge on any atom is 0.242 e. The van der Waals surface area contributed by atoms with Gasteiger partial charge in [-0.2, -0.15) is 0 Å². The van der Waals surface area contributed by atoms with E-state index in [4.69, 9.17) is 5.73 Å². The molecule has 1 atom stereocenters. The zero-order valence-electron chi connectivity index (χ0n) is 12.6. The second kappa shape index (κ2) is 6.64. The summed E-state index contributed by atoms with van der Waals surface area (Å²) < 4.78 is 25.8. The van der Waals surface area contributed by atoms with Crippen LogP contribution in [0.3, 0.4) is 0 Å². The lowest BCUT2D eigenvalue weighted by atomic mass is 10.1. The maximum atomic E-state index is 11.8. The SMILES string of the molecule is CCN1CCC(CNc2ccc(S(=O)(=O)NC)c(N)c2)C1. The Kier molecular flexibility index (Phi) is 5.08. The Bertz CT molecular complexity index is 589. The molecule has 0 spiro atoms. The number of benzene rings is 1. The molecule has 0 aromatic heterocycles. The molecule has 0 saturated carbocycles. The number of likely N-dealkylation sites (tertiary alicyclic amines) is 1. The highest BCUT2D eigenvalue weighted by Gasteiger charge is 2.21. The van der Waals surface area contributed by atoms with Crippen LogP contribution in [-0.2, 0) is 10.0 Å². The van der Waals surface area contributed by atoms with E-state index in [1.54, 1.807) is 12.1 Å². The number of nitrogens with two attached hydrogens (primary N) is 1. The van der Waals surface area contributed by atoms with Crippen molar-refractivity contribution in [2.75, 3.05) is 44.3 Å². The molecule has 1 aromatic rings. The molecule has 7 heteroatoms. The lowest BCUT2D eigenvalue weighted by molar-refractivity contribution is 0.345. The van der Waals surface area contributed by atoms with Crippen molar-refractivity contribution in [3.8, 4) is 0 Å². The van der Waals surface area contributed by atoms with Crippen LogP contribution in [0.1, 0.15) is 13.3 Å². The van der Waals surface area contributed by atoms with Crippen LogP contribution in [0.4, 0.5) is 11.4 Å². The van der Waals surface area contributed by atoms with Gasteiger partial charge in [0, 0.05) is 18.8 Å². The first-order chi connectivity index (χ1) is 9.96. The Hall–Kier alpha value is -1.31. The van der Waals surface area contributed by atoms with E-state index in [2.05, 4.69) is 21.9 Å². The molecule has 1 aliphatic rings. The van der Waals surface area contributed by atoms with E-state index in [-0.39, 0.29) is 10.6 Å². The van der Waals surface area contributed by atoms with Crippen molar-refractivity contribution in [2.45, 2.75) is 18.2 Å². The van der Waals surface area contributed by atoms with E-state index >= 15 is 0 Å². The Balaban J connectivity index is 1.98. The number of rotatable bonds is 6. The van der Waals surface area contributed by atoms with Gasteiger partial charge in [0.2, 0.25) is 10.0 Å². The number of nitrogen functional groups attached to an aromatic ring is 1. The molecule has 1 saturated heterocycles. The maximum absolute atomic E-state index is 11.8. The number of nitrogens with zero attached hydrogens (tertiary/aromatic N) is 1. The van der Waals surface area contributed by atoms with Crippen LogP contribution in [0.15, 0.2) is 23.1 Å². The average molecular weight is 312 g/mol. The summed E-state index contributed by atoms with van der Waals surface area (Å²) in [7, 11) is -2.12. The first-order valence-corrected chi connectivity index (χ1v) is 8.74. The summed E-state index contributed by atoms with van der Waals surface area (Å²) in [5, 5.41) is 3.35. The van der Waals surface area contributed by atoms with Crippen LogP contribution in [0.2, 0.25) is 0 Å². The van der Waals surface area contributed by atoms with Crippen LogP contribution >= 0.6 is 0 Å². The molecule has 4 N–H and O–H groups in total. The van der Waals surface area contributed by atoms with Crippen LogP contribution in [0, 0.1) is 5.92 Å². The van der Waals surface area contributed by atoms with Crippen molar-refractivity contribution < 1.29 is 8.42 Å². The second-order valence-electron chi connectivity index (χ2n) is 5.39. The predicted molar refractivity (Wildman–Crippen MR) is 85.8 cm³/mol. The minimum Gasteiger partial charge on any atom is -0.398 e. The molecule has 1 aromatic carbocycles. The first-order valence-electron chi connectivity index (χ1n) is 7.25. The van der Waals surface area contributed by atoms with E-state index in [1.807, 2.05) is 0 Å². The third-order valence-electron chi connectivity index (χ3n) is 3.98. The standard InChI is InChI=1S/C14H24N4O2S/c1-3-18-7-6-11(10-18)9-17-12-4-5-14(13(15)8-12)21(19,20)16-2/h4-5,8,11,16-17H,3,6-7,9-10,15H2,1-2H3. The third-order valence-corrected chi connectivity index (χ3v) is 5.47. The van der Waals surface area contributed by atoms with Crippen molar-refractivity contribution in [3.05, 3.63) is 18.2 Å². The van der Waals surface area contributed by atoms with Crippen LogP contribution in [0.25, 0.3) is 0 Å². The fourth-order valence-corrected chi connectivity index (χ4v) is 3.48. The van der Waals surface area contributed by atoms with Gasteiger partial charge in [0.1, 0.15) is 4.90 Å². The van der Waals surface area contributed by atoms with Gasteiger partial charge in [-0.3, -0.25) is 0 Å². The highest BCUT2D eigenvalue weighted by atomic mass is 32.2. The van der Waals surface area contributed by atoms with Gasteiger partial charge in [0.15, 0.2) is 0 Å². The van der Waals surface area contributed by atoms with Gasteiger partial charge in [-0.15, -0.1) is 0 Å². The van der Waals surface area contributed by atoms with E-state index in [9.17, 15) is 8.42 Å². The normalized spacial score (nSPS) is 19.8. The van der Waals surface area contributed by atoms with E-state index in [1.165, 1.54) is 19.5 Å². The Morgan fingerprint density at radius 1 is 1.43 bits per heavy atom. The number of nitrogens with one attached hydrogen (secondary N) is 2. The summed E-state index contributed by atoms with van der Waals surface area (Å²) in [6.45, 7) is 6.43. The van der Waals surface area contributed by atoms with Crippen molar-refractivity contribution in [3.63, 3.8) is 0 Å². The topological polar surface area (TPSA) is 87.5 Å². The van der Waals surface area contributed by atoms with Gasteiger partial charge in [0.25, 0.3) is 0 Å². The molecular weight excluding hydrogens is 288 g/mol. The minimum absolute atomic E-state index is 0.119. The zero-order chi connectivity index (χ0) is 15.5. The summed E-state index contributed by atoms with van der Waals surface area (Å²) >= 11 is 0. The number of hydrogen-bond acceptors (Lipinski definition) is 5. The molecule has 6 nitrogen and oxygen atoms in total. The van der Waals surface area contributed by atoms with Crippen molar-refractivity contribution in [1.29, 1.82) is 0 Å². The third kappa shape index (κ3) is 3.87. The molecule has 1 heterocycles. The average Bonchev–Trinajstić information content (AvgIpc) is 2.93. The molecule has 2 rings (SSSR count). The van der Waals surface area contributed by atoms with Crippen molar-refractivity contribution in [2.24, 2.45) is 5.92 Å². The number of anilines is 2. The molecular formula is C14H24N4O2S. The van der Waals surface area contributed by atoms with Crippen molar-refractivity contribution >= 4 is 21.4 Å². The number of sulfonamides is 1. The molecule has 0 aliphatic carbocycles. The summed E-state index contributed by atoms with van der Waals surface area (Å²) in [6.07, 6.45) is 1.20. The van der Waals surface area contributed by atoms with Gasteiger partial charge in [-0.25, -0.2) is 13.1 Å². The van der Waals surface area contributed by atoms with Crippen LogP contribution < -0.4 is 15.8 Å². The molecule has 0 radical (unpaired) electrons. The van der Waals surface area contributed by atoms with Gasteiger partial charge in [-0.05, 0) is 50.7 Å². The predicted octanol–water partition coefficient (Wildman–Crippen LogP) is 0.931. The van der Waals surface area contributed by atoms with Gasteiger partial charge >= 0.3 is 0 Å². The summed E-state index contributed by atoms with van der Waals surface area (Å²) in [6, 6.07) is 4.97. The largest absolute Gasteiger partial charge is 0.398 e. The quantitative estimate of drug-likeness (QED) is 0.680. The Morgan fingerprint density at radius 3 is 2.76 bits per heavy atom. The lowest BCUT2D eigenvalue weighted by Gasteiger charge is -2.15. The minimum atomic E-state index is -3.50. The van der Waals surface area contributed by atoms with E-state index in [0.29, 0.717) is 5.92 Å². The lowest BCUT2D eigenvalue weighted by Crippen LogP contribution is -2.22. The first kappa shape index (κ1) is 16.1. The van der Waals surface area contributed by atoms with Crippen LogP contribution in [-0.4, -0.2) is 46.5 Å². The van der Waals surface area contributed by atoms with E-state index in [0.717, 1.165) is 31.9 Å². The zero-order valence-corrected chi connectivity index (χ0v) is 13.4. The van der Waals surface area contributed by atoms with Crippen molar-refractivity contribution in [1.82, 2.24) is 9.62 Å². The fraction of sp³-hybridized carbons (Fsp3) is 0.571. The molecule has 1 unspecified atom stereocenters. The van der Waals surface area contributed by atoms with Crippen LogP contribution in [0.5, 0.6) is 0 Å². The highest BCUT2D eigenvalue weighted by molar-refractivity contribution is 7.89. The molecule has 21 heavy (non-hydrogen) atoms. The fourth-order valence-electron chi connectivity index (χ4n) is 2.64. The molecule has 118 valence electrons. The molecule has 1 fully saturated rings. The highest BCUT2D eigenvalue weighted by Crippen LogP contribution is 2.23. The number of hydrogen-bond donors (Lipinski definition) is 3. The van der Waals surface area contributed by atoms with Gasteiger partial charge in [-0.1, -0.05) is 6.92 Å². The Morgan fingerprint density at radius 2 is 2.19 bits per heavy atom. The Labute approximate surface area is 126 Å².